The van der Waals surface area contributed by atoms with Gasteiger partial charge in [-0.1, -0.05) is 36.7 Å². The van der Waals surface area contributed by atoms with E-state index in [1.54, 1.807) is 24.3 Å². The summed E-state index contributed by atoms with van der Waals surface area (Å²) in [5, 5.41) is 0.678. The smallest absolute Gasteiger partial charge is 0.338 e. The zero-order chi connectivity index (χ0) is 15.1. The Morgan fingerprint density at radius 1 is 1.10 bits per heavy atom. The van der Waals surface area contributed by atoms with Crippen molar-refractivity contribution in [1.82, 2.24) is 0 Å². The second-order valence-electron chi connectivity index (χ2n) is 4.54. The highest BCUT2D eigenvalue weighted by atomic mass is 35.5. The number of halogens is 1. The van der Waals surface area contributed by atoms with Crippen molar-refractivity contribution in [2.75, 3.05) is 6.61 Å². The minimum absolute atomic E-state index is 0.311. The Morgan fingerprint density at radius 2 is 1.81 bits per heavy atom. The molecule has 0 aliphatic rings. The summed E-state index contributed by atoms with van der Waals surface area (Å²) in [7, 11) is 0. The molecule has 0 saturated carbocycles. The van der Waals surface area contributed by atoms with E-state index in [0.717, 1.165) is 12.0 Å². The molecule has 0 unspecified atom stereocenters. The summed E-state index contributed by atoms with van der Waals surface area (Å²) < 4.78 is 10.7. The van der Waals surface area contributed by atoms with E-state index >= 15 is 0 Å². The van der Waals surface area contributed by atoms with Crippen LogP contribution in [-0.4, -0.2) is 12.6 Å². The van der Waals surface area contributed by atoms with E-state index in [2.05, 4.69) is 0 Å². The van der Waals surface area contributed by atoms with Crippen molar-refractivity contribution in [3.63, 3.8) is 0 Å². The van der Waals surface area contributed by atoms with Crippen LogP contribution in [0.5, 0.6) is 5.75 Å². The molecule has 2 rings (SSSR count). The highest BCUT2D eigenvalue weighted by molar-refractivity contribution is 6.31. The molecule has 0 heterocycles. The third-order valence-corrected chi connectivity index (χ3v) is 3.25. The third-order valence-electron chi connectivity index (χ3n) is 2.88. The standard InChI is InChI=1S/C17H17ClO3/c1-2-11-20-17(19)13-7-9-15(10-8-13)21-12-14-5-3-4-6-16(14)18/h3-10H,2,11-12H2,1H3. The van der Waals surface area contributed by atoms with Crippen LogP contribution in [-0.2, 0) is 11.3 Å². The lowest BCUT2D eigenvalue weighted by Crippen LogP contribution is -2.05. The molecular weight excluding hydrogens is 288 g/mol. The second kappa shape index (κ2) is 7.70. The number of carbonyl (C=O) groups is 1. The van der Waals surface area contributed by atoms with Crippen LogP contribution in [0.2, 0.25) is 5.02 Å². The fourth-order valence-corrected chi connectivity index (χ4v) is 1.93. The largest absolute Gasteiger partial charge is 0.489 e. The van der Waals surface area contributed by atoms with Gasteiger partial charge in [0.1, 0.15) is 12.4 Å². The van der Waals surface area contributed by atoms with Crippen molar-refractivity contribution in [1.29, 1.82) is 0 Å². The molecule has 2 aromatic carbocycles. The molecule has 110 valence electrons. The van der Waals surface area contributed by atoms with Gasteiger partial charge < -0.3 is 9.47 Å². The lowest BCUT2D eigenvalue weighted by Gasteiger charge is -2.08. The Hall–Kier alpha value is -2.00. The van der Waals surface area contributed by atoms with Crippen LogP contribution in [0.3, 0.4) is 0 Å². The van der Waals surface area contributed by atoms with Gasteiger partial charge in [0.05, 0.1) is 12.2 Å². The highest BCUT2D eigenvalue weighted by Gasteiger charge is 2.07. The molecule has 0 atom stereocenters. The van der Waals surface area contributed by atoms with Gasteiger partial charge in [-0.2, -0.15) is 0 Å². The Balaban J connectivity index is 1.93. The zero-order valence-corrected chi connectivity index (χ0v) is 12.6. The molecule has 21 heavy (non-hydrogen) atoms. The molecule has 0 radical (unpaired) electrons. The highest BCUT2D eigenvalue weighted by Crippen LogP contribution is 2.19. The van der Waals surface area contributed by atoms with E-state index in [0.29, 0.717) is 29.5 Å². The van der Waals surface area contributed by atoms with Crippen molar-refractivity contribution < 1.29 is 14.3 Å². The number of hydrogen-bond donors (Lipinski definition) is 0. The maximum Gasteiger partial charge on any atom is 0.338 e. The summed E-state index contributed by atoms with van der Waals surface area (Å²) in [6.45, 7) is 2.78. The molecule has 0 fully saturated rings. The van der Waals surface area contributed by atoms with Crippen molar-refractivity contribution >= 4 is 17.6 Å². The Morgan fingerprint density at radius 3 is 2.48 bits per heavy atom. The molecular formula is C17H17ClO3. The maximum absolute atomic E-state index is 11.7. The molecule has 2 aromatic rings. The summed E-state index contributed by atoms with van der Waals surface area (Å²) in [5.74, 6) is 0.372. The van der Waals surface area contributed by atoms with E-state index in [9.17, 15) is 4.79 Å². The zero-order valence-electron chi connectivity index (χ0n) is 11.8. The molecule has 0 aromatic heterocycles. The van der Waals surface area contributed by atoms with E-state index in [1.807, 2.05) is 31.2 Å². The molecule has 0 N–H and O–H groups in total. The first kappa shape index (κ1) is 15.4. The predicted molar refractivity (Wildman–Crippen MR) is 82.8 cm³/mol. The fourth-order valence-electron chi connectivity index (χ4n) is 1.74. The van der Waals surface area contributed by atoms with Gasteiger partial charge in [-0.15, -0.1) is 0 Å². The second-order valence-corrected chi connectivity index (χ2v) is 4.95. The van der Waals surface area contributed by atoms with Gasteiger partial charge in [-0.3, -0.25) is 0 Å². The summed E-state index contributed by atoms with van der Waals surface area (Å²) >= 11 is 6.06. The molecule has 0 amide bonds. The Kier molecular flexibility index (Phi) is 5.64. The summed E-state index contributed by atoms with van der Waals surface area (Å²) in [6, 6.07) is 14.4. The van der Waals surface area contributed by atoms with Gasteiger partial charge in [-0.05, 0) is 36.8 Å². The minimum atomic E-state index is -0.311. The number of rotatable bonds is 6. The number of carbonyl (C=O) groups excluding carboxylic acids is 1. The molecule has 0 aliphatic carbocycles. The van der Waals surface area contributed by atoms with E-state index < -0.39 is 0 Å². The lowest BCUT2D eigenvalue weighted by molar-refractivity contribution is 0.0505. The monoisotopic (exact) mass is 304 g/mol. The van der Waals surface area contributed by atoms with E-state index in [-0.39, 0.29) is 5.97 Å². The third kappa shape index (κ3) is 4.50. The molecule has 0 bridgehead atoms. The average molecular weight is 305 g/mol. The molecule has 3 nitrogen and oxygen atoms in total. The van der Waals surface area contributed by atoms with Crippen LogP contribution in [0.4, 0.5) is 0 Å². The number of hydrogen-bond acceptors (Lipinski definition) is 3. The summed E-state index contributed by atoms with van der Waals surface area (Å²) in [4.78, 5) is 11.7. The fraction of sp³-hybridized carbons (Fsp3) is 0.235. The van der Waals surface area contributed by atoms with Crippen molar-refractivity contribution in [3.05, 3.63) is 64.7 Å². The number of benzene rings is 2. The van der Waals surface area contributed by atoms with Crippen LogP contribution in [0.15, 0.2) is 48.5 Å². The summed E-state index contributed by atoms with van der Waals surface area (Å²) in [5.41, 5.74) is 1.44. The van der Waals surface area contributed by atoms with Gasteiger partial charge in [0.25, 0.3) is 0 Å². The minimum Gasteiger partial charge on any atom is -0.489 e. The van der Waals surface area contributed by atoms with E-state index in [1.165, 1.54) is 0 Å². The van der Waals surface area contributed by atoms with Crippen LogP contribution < -0.4 is 4.74 Å². The predicted octanol–water partition coefficient (Wildman–Crippen LogP) is 4.49. The lowest BCUT2D eigenvalue weighted by atomic mass is 10.2. The Bertz CT molecular complexity index is 593. The Labute approximate surface area is 129 Å². The van der Waals surface area contributed by atoms with Gasteiger partial charge in [-0.25, -0.2) is 4.79 Å². The SMILES string of the molecule is CCCOC(=O)c1ccc(OCc2ccccc2Cl)cc1. The number of ether oxygens (including phenoxy) is 2. The van der Waals surface area contributed by atoms with Crippen molar-refractivity contribution in [3.8, 4) is 5.75 Å². The molecule has 4 heteroatoms. The number of esters is 1. The van der Waals surface area contributed by atoms with E-state index in [4.69, 9.17) is 21.1 Å². The van der Waals surface area contributed by atoms with Crippen molar-refractivity contribution in [2.24, 2.45) is 0 Å². The first-order chi connectivity index (χ1) is 10.2. The average Bonchev–Trinajstić information content (AvgIpc) is 2.52. The maximum atomic E-state index is 11.7. The van der Waals surface area contributed by atoms with Crippen LogP contribution >= 0.6 is 11.6 Å². The van der Waals surface area contributed by atoms with Gasteiger partial charge in [0, 0.05) is 10.6 Å². The van der Waals surface area contributed by atoms with Gasteiger partial charge in [0.2, 0.25) is 0 Å². The quantitative estimate of drug-likeness (QED) is 0.738. The normalized spacial score (nSPS) is 10.2. The molecule has 0 aliphatic heterocycles. The van der Waals surface area contributed by atoms with Crippen LogP contribution in [0.25, 0.3) is 0 Å². The molecule has 0 saturated heterocycles. The first-order valence-electron chi connectivity index (χ1n) is 6.84. The van der Waals surface area contributed by atoms with Crippen molar-refractivity contribution in [2.45, 2.75) is 20.0 Å². The van der Waals surface area contributed by atoms with Crippen LogP contribution in [0.1, 0.15) is 29.3 Å². The van der Waals surface area contributed by atoms with Crippen LogP contribution in [0, 0.1) is 0 Å². The van der Waals surface area contributed by atoms with Gasteiger partial charge in [0.15, 0.2) is 0 Å². The van der Waals surface area contributed by atoms with Gasteiger partial charge >= 0.3 is 5.97 Å². The first-order valence-corrected chi connectivity index (χ1v) is 7.22. The summed E-state index contributed by atoms with van der Waals surface area (Å²) in [6.07, 6.45) is 0.810. The topological polar surface area (TPSA) is 35.5 Å². The molecule has 0 spiro atoms.